The average molecular weight is 410 g/mol. The molecule has 28 heavy (non-hydrogen) atoms. The van der Waals surface area contributed by atoms with Gasteiger partial charge in [-0.15, -0.1) is 0 Å². The average Bonchev–Trinajstić information content (AvgIpc) is 3.02. The molecule has 1 aliphatic rings. The van der Waals surface area contributed by atoms with Crippen LogP contribution in [0.1, 0.15) is 12.0 Å². The SMILES string of the molecule is CO[C@H]1C[C@H]([C@H](O)C(F)(F)F)N(c2ccc3[nH]c(=O)cc(C(F)(F)F)c3c2)C1. The molecule has 5 nitrogen and oxygen atoms in total. The van der Waals surface area contributed by atoms with Gasteiger partial charge < -0.3 is 19.7 Å². The van der Waals surface area contributed by atoms with Crippen LogP contribution in [0.15, 0.2) is 29.1 Å². The van der Waals surface area contributed by atoms with E-state index in [0.29, 0.717) is 6.07 Å². The summed E-state index contributed by atoms with van der Waals surface area (Å²) in [5.41, 5.74) is -2.18. The van der Waals surface area contributed by atoms with Crippen LogP contribution in [-0.2, 0) is 10.9 Å². The van der Waals surface area contributed by atoms with E-state index in [1.807, 2.05) is 0 Å². The standard InChI is InChI=1S/C17H16F6N2O3/c1-28-9-5-13(15(27)17(21,22)23)25(7-9)8-2-3-12-10(4-8)11(16(18,19)20)6-14(26)24-12/h2-4,6,9,13,15,27H,5,7H2,1H3,(H,24,26)/t9-,13+,15-/m0/s1. The van der Waals surface area contributed by atoms with Gasteiger partial charge >= 0.3 is 12.4 Å². The van der Waals surface area contributed by atoms with E-state index < -0.39 is 41.7 Å². The molecular formula is C17H16F6N2O3. The number of H-pyrrole nitrogens is 1. The normalized spacial score (nSPS) is 22.1. The Morgan fingerprint density at radius 1 is 1.21 bits per heavy atom. The lowest BCUT2D eigenvalue weighted by Gasteiger charge is -2.31. The third-order valence-electron chi connectivity index (χ3n) is 4.80. The molecule has 154 valence electrons. The van der Waals surface area contributed by atoms with E-state index in [4.69, 9.17) is 4.74 Å². The summed E-state index contributed by atoms with van der Waals surface area (Å²) in [6.45, 7) is -0.0372. The number of aliphatic hydroxyl groups is 1. The van der Waals surface area contributed by atoms with Gasteiger partial charge in [-0.3, -0.25) is 4.79 Å². The lowest BCUT2D eigenvalue weighted by atomic mass is 10.0. The zero-order valence-corrected chi connectivity index (χ0v) is 14.4. The van der Waals surface area contributed by atoms with E-state index in [1.54, 1.807) is 0 Å². The summed E-state index contributed by atoms with van der Waals surface area (Å²) in [6.07, 6.45) is -13.2. The number of aromatic amines is 1. The molecule has 1 saturated heterocycles. The number of benzene rings is 1. The number of halogens is 6. The number of hydrogen-bond acceptors (Lipinski definition) is 4. The van der Waals surface area contributed by atoms with Crippen LogP contribution < -0.4 is 10.5 Å². The zero-order valence-electron chi connectivity index (χ0n) is 14.4. The fourth-order valence-corrected chi connectivity index (χ4v) is 3.47. The number of ether oxygens (including phenoxy) is 1. The number of aromatic nitrogens is 1. The second-order valence-electron chi connectivity index (χ2n) is 6.57. The van der Waals surface area contributed by atoms with Crippen LogP contribution in [-0.4, -0.2) is 48.2 Å². The van der Waals surface area contributed by atoms with E-state index >= 15 is 0 Å². The van der Waals surface area contributed by atoms with Crippen molar-refractivity contribution >= 4 is 16.6 Å². The maximum absolute atomic E-state index is 13.3. The number of aliphatic hydroxyl groups excluding tert-OH is 1. The first-order valence-corrected chi connectivity index (χ1v) is 8.20. The molecule has 3 atom stereocenters. The first-order chi connectivity index (χ1) is 12.9. The van der Waals surface area contributed by atoms with Crippen molar-refractivity contribution in [2.75, 3.05) is 18.6 Å². The second-order valence-corrected chi connectivity index (χ2v) is 6.57. The molecule has 1 aromatic carbocycles. The summed E-state index contributed by atoms with van der Waals surface area (Å²) in [6, 6.07) is 2.53. The number of fused-ring (bicyclic) bond motifs is 1. The minimum atomic E-state index is -4.90. The molecule has 2 aromatic rings. The molecule has 0 aliphatic carbocycles. The number of anilines is 1. The van der Waals surface area contributed by atoms with E-state index in [2.05, 4.69) is 4.98 Å². The monoisotopic (exact) mass is 410 g/mol. The fraction of sp³-hybridized carbons (Fsp3) is 0.471. The molecule has 1 fully saturated rings. The number of alkyl halides is 6. The summed E-state index contributed by atoms with van der Waals surface area (Å²) >= 11 is 0. The maximum atomic E-state index is 13.3. The molecule has 3 rings (SSSR count). The van der Waals surface area contributed by atoms with Gasteiger partial charge in [-0.25, -0.2) is 0 Å². The molecule has 0 spiro atoms. The molecule has 2 heterocycles. The first-order valence-electron chi connectivity index (χ1n) is 8.20. The van der Waals surface area contributed by atoms with Crippen LogP contribution in [0, 0.1) is 0 Å². The minimum Gasteiger partial charge on any atom is -0.382 e. The van der Waals surface area contributed by atoms with Gasteiger partial charge in [0.1, 0.15) is 0 Å². The molecule has 0 unspecified atom stereocenters. The van der Waals surface area contributed by atoms with Crippen molar-refractivity contribution in [3.8, 4) is 0 Å². The lowest BCUT2D eigenvalue weighted by Crippen LogP contribution is -2.47. The van der Waals surface area contributed by atoms with Crippen LogP contribution in [0.3, 0.4) is 0 Å². The number of pyridine rings is 1. The highest BCUT2D eigenvalue weighted by Gasteiger charge is 2.49. The van der Waals surface area contributed by atoms with Crippen LogP contribution in [0.25, 0.3) is 10.9 Å². The summed E-state index contributed by atoms with van der Waals surface area (Å²) < 4.78 is 84.1. The Kier molecular flexibility index (Phi) is 5.09. The van der Waals surface area contributed by atoms with E-state index in [-0.39, 0.29) is 29.6 Å². The van der Waals surface area contributed by atoms with Crippen molar-refractivity contribution in [1.82, 2.24) is 4.98 Å². The number of hydrogen-bond donors (Lipinski definition) is 2. The zero-order chi connectivity index (χ0) is 20.9. The summed E-state index contributed by atoms with van der Waals surface area (Å²) in [5, 5.41) is 9.36. The number of methoxy groups -OCH3 is 1. The van der Waals surface area contributed by atoms with Crippen molar-refractivity contribution in [2.24, 2.45) is 0 Å². The molecule has 1 aromatic heterocycles. The van der Waals surface area contributed by atoms with Crippen molar-refractivity contribution in [3.05, 3.63) is 40.2 Å². The van der Waals surface area contributed by atoms with Gasteiger partial charge in [-0.2, -0.15) is 26.3 Å². The highest BCUT2D eigenvalue weighted by atomic mass is 19.4. The van der Waals surface area contributed by atoms with Crippen molar-refractivity contribution in [2.45, 2.75) is 37.0 Å². The number of nitrogens with one attached hydrogen (secondary N) is 1. The van der Waals surface area contributed by atoms with Gasteiger partial charge in [0.25, 0.3) is 0 Å². The minimum absolute atomic E-state index is 0.0372. The molecule has 0 bridgehead atoms. The highest BCUT2D eigenvalue weighted by Crippen LogP contribution is 2.38. The third-order valence-corrected chi connectivity index (χ3v) is 4.80. The van der Waals surface area contributed by atoms with Crippen molar-refractivity contribution in [3.63, 3.8) is 0 Å². The van der Waals surface area contributed by atoms with Gasteiger partial charge in [0.15, 0.2) is 6.10 Å². The Labute approximate surface area is 154 Å². The Morgan fingerprint density at radius 3 is 2.46 bits per heavy atom. The van der Waals surface area contributed by atoms with Crippen LogP contribution in [0.4, 0.5) is 32.0 Å². The maximum Gasteiger partial charge on any atom is 0.417 e. The highest BCUT2D eigenvalue weighted by molar-refractivity contribution is 5.86. The van der Waals surface area contributed by atoms with Gasteiger partial charge in [0, 0.05) is 36.3 Å². The second kappa shape index (κ2) is 6.96. The largest absolute Gasteiger partial charge is 0.417 e. The summed E-state index contributed by atoms with van der Waals surface area (Å²) in [7, 11) is 1.30. The Balaban J connectivity index is 2.11. The molecule has 2 N–H and O–H groups in total. The Morgan fingerprint density at radius 2 is 1.89 bits per heavy atom. The summed E-state index contributed by atoms with van der Waals surface area (Å²) in [4.78, 5) is 14.9. The van der Waals surface area contributed by atoms with Gasteiger partial charge in [0.2, 0.25) is 5.56 Å². The van der Waals surface area contributed by atoms with E-state index in [0.717, 1.165) is 6.07 Å². The van der Waals surface area contributed by atoms with Crippen molar-refractivity contribution < 1.29 is 36.2 Å². The number of rotatable bonds is 3. The quantitative estimate of drug-likeness (QED) is 0.764. The topological polar surface area (TPSA) is 65.6 Å². The third kappa shape index (κ3) is 3.81. The Hall–Kier alpha value is -2.27. The molecule has 11 heteroatoms. The molecule has 1 aliphatic heterocycles. The van der Waals surface area contributed by atoms with E-state index in [1.165, 1.54) is 24.1 Å². The van der Waals surface area contributed by atoms with Crippen LogP contribution >= 0.6 is 0 Å². The molecule has 0 saturated carbocycles. The lowest BCUT2D eigenvalue weighted by molar-refractivity contribution is -0.209. The number of nitrogens with zero attached hydrogens (tertiary/aromatic N) is 1. The van der Waals surface area contributed by atoms with Crippen LogP contribution in [0.2, 0.25) is 0 Å². The predicted molar refractivity (Wildman–Crippen MR) is 88.2 cm³/mol. The fourth-order valence-electron chi connectivity index (χ4n) is 3.47. The Bertz CT molecular complexity index is 924. The smallest absolute Gasteiger partial charge is 0.382 e. The van der Waals surface area contributed by atoms with E-state index in [9.17, 15) is 36.2 Å². The van der Waals surface area contributed by atoms with Gasteiger partial charge in [-0.1, -0.05) is 0 Å². The van der Waals surface area contributed by atoms with Crippen LogP contribution in [0.5, 0.6) is 0 Å². The summed E-state index contributed by atoms with van der Waals surface area (Å²) in [5.74, 6) is 0. The predicted octanol–water partition coefficient (Wildman–Crippen LogP) is 3.06. The molecule has 0 amide bonds. The van der Waals surface area contributed by atoms with Crippen molar-refractivity contribution in [1.29, 1.82) is 0 Å². The van der Waals surface area contributed by atoms with Gasteiger partial charge in [-0.05, 0) is 24.6 Å². The first kappa shape index (κ1) is 20.5. The molecular weight excluding hydrogens is 394 g/mol. The van der Waals surface area contributed by atoms with Gasteiger partial charge in [0.05, 0.1) is 17.7 Å². The molecule has 0 radical (unpaired) electrons.